The van der Waals surface area contributed by atoms with Crippen LogP contribution in [0.3, 0.4) is 0 Å². The molecular formula is C17H31N3O2. The van der Waals surface area contributed by atoms with E-state index in [4.69, 9.17) is 0 Å². The van der Waals surface area contributed by atoms with Crippen molar-refractivity contribution < 1.29 is 9.59 Å². The summed E-state index contributed by atoms with van der Waals surface area (Å²) in [6.45, 7) is 5.55. The summed E-state index contributed by atoms with van der Waals surface area (Å²) in [6, 6.07) is -0.0794. The number of rotatable bonds is 3. The minimum Gasteiger partial charge on any atom is -0.347 e. The molecule has 2 rings (SSSR count). The van der Waals surface area contributed by atoms with E-state index >= 15 is 0 Å². The zero-order valence-electron chi connectivity index (χ0n) is 14.4. The Kier molecular flexibility index (Phi) is 6.24. The first-order chi connectivity index (χ1) is 10.5. The van der Waals surface area contributed by atoms with E-state index in [1.54, 1.807) is 19.0 Å². The van der Waals surface area contributed by atoms with Gasteiger partial charge in [-0.1, -0.05) is 12.8 Å². The van der Waals surface area contributed by atoms with Crippen molar-refractivity contribution >= 4 is 11.8 Å². The van der Waals surface area contributed by atoms with E-state index in [0.29, 0.717) is 5.91 Å². The van der Waals surface area contributed by atoms with Crippen molar-refractivity contribution in [3.05, 3.63) is 0 Å². The van der Waals surface area contributed by atoms with Crippen LogP contribution in [-0.4, -0.2) is 72.8 Å². The van der Waals surface area contributed by atoms with Crippen molar-refractivity contribution in [3.63, 3.8) is 0 Å². The van der Waals surface area contributed by atoms with Gasteiger partial charge >= 0.3 is 0 Å². The van der Waals surface area contributed by atoms with Gasteiger partial charge in [0.2, 0.25) is 11.8 Å². The summed E-state index contributed by atoms with van der Waals surface area (Å²) in [4.78, 5) is 30.7. The topological polar surface area (TPSA) is 43.9 Å². The largest absolute Gasteiger partial charge is 0.347 e. The molecule has 0 radical (unpaired) electrons. The summed E-state index contributed by atoms with van der Waals surface area (Å²) in [5.74, 6) is 0.668. The Labute approximate surface area is 134 Å². The molecule has 2 fully saturated rings. The van der Waals surface area contributed by atoms with Crippen LogP contribution in [0.5, 0.6) is 0 Å². The molecule has 2 saturated heterocycles. The van der Waals surface area contributed by atoms with Crippen LogP contribution in [0.1, 0.15) is 45.4 Å². The number of hydrogen-bond acceptors (Lipinski definition) is 3. The Bertz CT molecular complexity index is 381. The molecule has 5 heteroatoms. The van der Waals surface area contributed by atoms with Gasteiger partial charge in [0.15, 0.2) is 0 Å². The van der Waals surface area contributed by atoms with E-state index in [-0.39, 0.29) is 17.9 Å². The van der Waals surface area contributed by atoms with Crippen LogP contribution in [0.4, 0.5) is 0 Å². The molecule has 2 aliphatic rings. The molecule has 2 amide bonds. The van der Waals surface area contributed by atoms with Gasteiger partial charge in [-0.15, -0.1) is 0 Å². The van der Waals surface area contributed by atoms with Crippen LogP contribution in [0, 0.1) is 5.92 Å². The zero-order chi connectivity index (χ0) is 16.1. The highest BCUT2D eigenvalue weighted by atomic mass is 16.2. The quantitative estimate of drug-likeness (QED) is 0.795. The summed E-state index contributed by atoms with van der Waals surface area (Å²) in [7, 11) is 3.60. The van der Waals surface area contributed by atoms with Gasteiger partial charge in [0, 0.05) is 33.1 Å². The Morgan fingerprint density at radius 1 is 0.955 bits per heavy atom. The van der Waals surface area contributed by atoms with Gasteiger partial charge in [0.1, 0.15) is 0 Å². The second kappa shape index (κ2) is 7.95. The molecule has 2 heterocycles. The van der Waals surface area contributed by atoms with Crippen LogP contribution < -0.4 is 0 Å². The Hall–Kier alpha value is -1.10. The molecule has 0 saturated carbocycles. The van der Waals surface area contributed by atoms with E-state index in [0.717, 1.165) is 51.9 Å². The van der Waals surface area contributed by atoms with E-state index in [1.165, 1.54) is 12.8 Å². The van der Waals surface area contributed by atoms with Crippen molar-refractivity contribution in [1.82, 2.24) is 14.7 Å². The summed E-state index contributed by atoms with van der Waals surface area (Å²) in [5, 5.41) is 0. The maximum atomic E-state index is 12.7. The predicted octanol–water partition coefficient (Wildman–Crippen LogP) is 1.58. The normalized spacial score (nSPS) is 23.0. The Morgan fingerprint density at radius 2 is 1.50 bits per heavy atom. The number of hydrogen-bond donors (Lipinski definition) is 0. The summed E-state index contributed by atoms with van der Waals surface area (Å²) >= 11 is 0. The Morgan fingerprint density at radius 3 is 2.00 bits per heavy atom. The molecule has 5 nitrogen and oxygen atoms in total. The molecule has 0 N–H and O–H groups in total. The molecular weight excluding hydrogens is 278 g/mol. The van der Waals surface area contributed by atoms with Crippen molar-refractivity contribution in [1.29, 1.82) is 0 Å². The lowest BCUT2D eigenvalue weighted by molar-refractivity contribution is -0.138. The molecule has 2 aliphatic heterocycles. The SMILES string of the molecule is CC(C(=O)N(C)C)N1CCC(C(=O)N2CCCCCC2)CC1. The van der Waals surface area contributed by atoms with Gasteiger partial charge < -0.3 is 9.80 Å². The number of amides is 2. The van der Waals surface area contributed by atoms with Gasteiger partial charge in [-0.05, 0) is 45.7 Å². The lowest BCUT2D eigenvalue weighted by atomic mass is 9.94. The maximum Gasteiger partial charge on any atom is 0.239 e. The predicted molar refractivity (Wildman–Crippen MR) is 87.5 cm³/mol. The summed E-state index contributed by atoms with van der Waals surface area (Å²) in [6.07, 6.45) is 6.59. The highest BCUT2D eigenvalue weighted by molar-refractivity contribution is 5.81. The van der Waals surface area contributed by atoms with Crippen LogP contribution >= 0.6 is 0 Å². The first kappa shape index (κ1) is 17.3. The first-order valence-corrected chi connectivity index (χ1v) is 8.74. The molecule has 0 bridgehead atoms. The highest BCUT2D eigenvalue weighted by Gasteiger charge is 2.32. The van der Waals surface area contributed by atoms with Crippen LogP contribution in [0.2, 0.25) is 0 Å². The van der Waals surface area contributed by atoms with E-state index < -0.39 is 0 Å². The third-order valence-electron chi connectivity index (χ3n) is 5.14. The highest BCUT2D eigenvalue weighted by Crippen LogP contribution is 2.23. The minimum absolute atomic E-state index is 0.0794. The number of piperidine rings is 1. The van der Waals surface area contributed by atoms with E-state index in [2.05, 4.69) is 9.80 Å². The molecule has 0 aromatic heterocycles. The second-order valence-corrected chi connectivity index (χ2v) is 6.96. The fourth-order valence-electron chi connectivity index (χ4n) is 3.61. The van der Waals surface area contributed by atoms with Gasteiger partial charge in [0.25, 0.3) is 0 Å². The summed E-state index contributed by atoms with van der Waals surface area (Å²) in [5.41, 5.74) is 0. The third kappa shape index (κ3) is 4.22. The van der Waals surface area contributed by atoms with E-state index in [9.17, 15) is 9.59 Å². The second-order valence-electron chi connectivity index (χ2n) is 6.96. The van der Waals surface area contributed by atoms with Crippen LogP contribution in [0.25, 0.3) is 0 Å². The molecule has 22 heavy (non-hydrogen) atoms. The van der Waals surface area contributed by atoms with Gasteiger partial charge in [-0.2, -0.15) is 0 Å². The molecule has 1 unspecified atom stereocenters. The molecule has 1 atom stereocenters. The first-order valence-electron chi connectivity index (χ1n) is 8.74. The van der Waals surface area contributed by atoms with Crippen molar-refractivity contribution in [3.8, 4) is 0 Å². The number of likely N-dealkylation sites (tertiary alicyclic amines) is 2. The van der Waals surface area contributed by atoms with Crippen molar-refractivity contribution in [2.24, 2.45) is 5.92 Å². The standard InChI is InChI=1S/C17H31N3O2/c1-14(16(21)18(2)3)19-12-8-15(9-13-19)17(22)20-10-6-4-5-7-11-20/h14-15H,4-13H2,1-3H3. The number of carbonyl (C=O) groups is 2. The fraction of sp³-hybridized carbons (Fsp3) is 0.882. The molecule has 0 aromatic rings. The minimum atomic E-state index is -0.0794. The molecule has 0 spiro atoms. The summed E-state index contributed by atoms with van der Waals surface area (Å²) < 4.78 is 0. The van der Waals surface area contributed by atoms with Crippen LogP contribution in [0.15, 0.2) is 0 Å². The van der Waals surface area contributed by atoms with Gasteiger partial charge in [0.05, 0.1) is 6.04 Å². The number of likely N-dealkylation sites (N-methyl/N-ethyl adjacent to an activating group) is 1. The molecule has 126 valence electrons. The fourth-order valence-corrected chi connectivity index (χ4v) is 3.61. The zero-order valence-corrected chi connectivity index (χ0v) is 14.4. The molecule has 0 aliphatic carbocycles. The number of nitrogens with zero attached hydrogens (tertiary/aromatic N) is 3. The smallest absolute Gasteiger partial charge is 0.239 e. The lowest BCUT2D eigenvalue weighted by Gasteiger charge is -2.37. The van der Waals surface area contributed by atoms with Crippen LogP contribution in [-0.2, 0) is 9.59 Å². The van der Waals surface area contributed by atoms with Gasteiger partial charge in [-0.3, -0.25) is 14.5 Å². The van der Waals surface area contributed by atoms with E-state index in [1.807, 2.05) is 6.92 Å². The maximum absolute atomic E-state index is 12.7. The Balaban J connectivity index is 1.83. The van der Waals surface area contributed by atoms with Crippen molar-refractivity contribution in [2.75, 3.05) is 40.3 Å². The lowest BCUT2D eigenvalue weighted by Crippen LogP contribution is -2.50. The average Bonchev–Trinajstić information content (AvgIpc) is 2.82. The van der Waals surface area contributed by atoms with Crippen molar-refractivity contribution in [2.45, 2.75) is 51.5 Å². The monoisotopic (exact) mass is 309 g/mol. The number of carbonyl (C=O) groups excluding carboxylic acids is 2. The average molecular weight is 309 g/mol. The third-order valence-corrected chi connectivity index (χ3v) is 5.14. The van der Waals surface area contributed by atoms with Gasteiger partial charge in [-0.25, -0.2) is 0 Å². The molecule has 0 aromatic carbocycles.